The van der Waals surface area contributed by atoms with Crippen molar-refractivity contribution in [3.05, 3.63) is 11.6 Å². The molecule has 1 aromatic heterocycles. The number of fused-ring (bicyclic) bond motifs is 2. The molecule has 2 aliphatic heterocycles. The first-order valence-electron chi connectivity index (χ1n) is 11.9. The third kappa shape index (κ3) is 3.32. The van der Waals surface area contributed by atoms with Gasteiger partial charge in [-0.05, 0) is 52.1 Å². The number of hydrogen-bond acceptors (Lipinski definition) is 5. The quantitative estimate of drug-likeness (QED) is 0.543. The molecule has 0 bridgehead atoms. The minimum atomic E-state index is 0.341. The molecule has 1 aromatic rings. The molecule has 166 valence electrons. The van der Waals surface area contributed by atoms with Crippen LogP contribution >= 0.6 is 0 Å². The maximum atomic E-state index is 6.11. The Hall–Kier alpha value is -1.67. The summed E-state index contributed by atoms with van der Waals surface area (Å²) in [6.45, 7) is 8.98. The van der Waals surface area contributed by atoms with Gasteiger partial charge in [-0.3, -0.25) is 4.90 Å². The van der Waals surface area contributed by atoms with Gasteiger partial charge in [-0.1, -0.05) is 13.3 Å². The van der Waals surface area contributed by atoms with E-state index in [4.69, 9.17) is 9.73 Å². The fourth-order valence-electron chi connectivity index (χ4n) is 6.25. The van der Waals surface area contributed by atoms with Crippen LogP contribution in [0.25, 0.3) is 0 Å². The van der Waals surface area contributed by atoms with E-state index in [-0.39, 0.29) is 0 Å². The lowest BCUT2D eigenvalue weighted by atomic mass is 9.46. The molecule has 2 N–H and O–H groups in total. The van der Waals surface area contributed by atoms with Gasteiger partial charge >= 0.3 is 0 Å². The van der Waals surface area contributed by atoms with Gasteiger partial charge in [0.15, 0.2) is 11.8 Å². The Balaban J connectivity index is 1.30. The van der Waals surface area contributed by atoms with E-state index in [9.17, 15) is 0 Å². The highest BCUT2D eigenvalue weighted by Gasteiger charge is 2.66. The normalized spacial score (nSPS) is 32.7. The number of aryl methyl sites for hydroxylation is 1. The van der Waals surface area contributed by atoms with Crippen molar-refractivity contribution >= 4 is 5.96 Å². The molecule has 4 fully saturated rings. The van der Waals surface area contributed by atoms with Crippen molar-refractivity contribution in [3.63, 3.8) is 0 Å². The van der Waals surface area contributed by atoms with E-state index < -0.39 is 0 Å². The summed E-state index contributed by atoms with van der Waals surface area (Å²) in [5.41, 5.74) is 0.341. The molecular weight excluding hydrogens is 378 g/mol. The van der Waals surface area contributed by atoms with Gasteiger partial charge in [0, 0.05) is 43.6 Å². The van der Waals surface area contributed by atoms with Gasteiger partial charge in [-0.25, -0.2) is 4.99 Å². The minimum absolute atomic E-state index is 0.341. The zero-order valence-electron chi connectivity index (χ0n) is 18.7. The molecule has 3 heterocycles. The average Bonchev–Trinajstić information content (AvgIpc) is 3.41. The SMILES string of the molecule is CCN1CCCC1CNC(=NCc1nnc(C)n1C)NC1C2CCOC2C12CCC2. The zero-order valence-corrected chi connectivity index (χ0v) is 18.7. The molecule has 5 rings (SSSR count). The summed E-state index contributed by atoms with van der Waals surface area (Å²) in [5, 5.41) is 16.0. The minimum Gasteiger partial charge on any atom is -0.377 e. The molecule has 8 heteroatoms. The molecule has 4 aliphatic rings. The Bertz CT molecular complexity index is 786. The van der Waals surface area contributed by atoms with Gasteiger partial charge in [0.2, 0.25) is 0 Å². The molecule has 4 atom stereocenters. The number of hydrogen-bond donors (Lipinski definition) is 2. The van der Waals surface area contributed by atoms with Gasteiger partial charge in [0.05, 0.1) is 6.10 Å². The van der Waals surface area contributed by atoms with Crippen molar-refractivity contribution in [3.8, 4) is 0 Å². The second kappa shape index (κ2) is 8.11. The van der Waals surface area contributed by atoms with Gasteiger partial charge in [-0.15, -0.1) is 10.2 Å². The van der Waals surface area contributed by atoms with Gasteiger partial charge in [-0.2, -0.15) is 0 Å². The molecule has 1 spiro atoms. The summed E-state index contributed by atoms with van der Waals surface area (Å²) in [4.78, 5) is 7.53. The number of guanidine groups is 1. The van der Waals surface area contributed by atoms with E-state index in [1.807, 2.05) is 18.5 Å². The molecule has 0 radical (unpaired) electrons. The summed E-state index contributed by atoms with van der Waals surface area (Å²) >= 11 is 0. The highest BCUT2D eigenvalue weighted by Crippen LogP contribution is 2.62. The van der Waals surface area contributed by atoms with E-state index in [0.717, 1.165) is 37.3 Å². The summed E-state index contributed by atoms with van der Waals surface area (Å²) in [7, 11) is 2.01. The Morgan fingerprint density at radius 1 is 1.27 bits per heavy atom. The van der Waals surface area contributed by atoms with Crippen LogP contribution in [-0.4, -0.2) is 70.1 Å². The van der Waals surface area contributed by atoms with Gasteiger partial charge in [0.1, 0.15) is 12.4 Å². The number of aliphatic imine (C=N–C) groups is 1. The number of likely N-dealkylation sites (tertiary alicyclic amines) is 1. The van der Waals surface area contributed by atoms with Crippen molar-refractivity contribution in [2.75, 3.05) is 26.2 Å². The smallest absolute Gasteiger partial charge is 0.192 e. The Labute approximate surface area is 179 Å². The standard InChI is InChI=1S/C22H37N7O/c1-4-29-11-5-7-16(29)13-23-21(24-14-18-27-26-15(2)28(18)3)25-19-17-8-12-30-20(17)22(19)9-6-10-22/h16-17,19-20H,4-14H2,1-3H3,(H2,23,24,25). The van der Waals surface area contributed by atoms with Gasteiger partial charge in [0.25, 0.3) is 0 Å². The van der Waals surface area contributed by atoms with E-state index in [2.05, 4.69) is 32.7 Å². The summed E-state index contributed by atoms with van der Waals surface area (Å²) < 4.78 is 8.13. The second-order valence-corrected chi connectivity index (χ2v) is 9.65. The van der Waals surface area contributed by atoms with Crippen molar-refractivity contribution < 1.29 is 4.74 Å². The molecule has 2 saturated heterocycles. The van der Waals surface area contributed by atoms with E-state index in [0.29, 0.717) is 36.1 Å². The number of ether oxygens (including phenoxy) is 1. The lowest BCUT2D eigenvalue weighted by Gasteiger charge is -2.63. The van der Waals surface area contributed by atoms with Crippen LogP contribution in [0.5, 0.6) is 0 Å². The third-order valence-corrected chi connectivity index (χ3v) is 8.30. The van der Waals surface area contributed by atoms with Crippen LogP contribution in [0.2, 0.25) is 0 Å². The van der Waals surface area contributed by atoms with Crippen molar-refractivity contribution in [1.82, 2.24) is 30.3 Å². The number of rotatable bonds is 6. The van der Waals surface area contributed by atoms with Crippen molar-refractivity contribution in [2.45, 2.75) is 77.1 Å². The Morgan fingerprint density at radius 2 is 2.13 bits per heavy atom. The topological polar surface area (TPSA) is 79.6 Å². The largest absolute Gasteiger partial charge is 0.377 e. The first-order valence-corrected chi connectivity index (χ1v) is 11.9. The number of nitrogens with one attached hydrogen (secondary N) is 2. The summed E-state index contributed by atoms with van der Waals surface area (Å²) in [6, 6.07) is 1.08. The predicted octanol–water partition coefficient (Wildman–Crippen LogP) is 1.60. The second-order valence-electron chi connectivity index (χ2n) is 9.65. The Morgan fingerprint density at radius 3 is 2.83 bits per heavy atom. The monoisotopic (exact) mass is 415 g/mol. The van der Waals surface area contributed by atoms with Crippen LogP contribution in [0, 0.1) is 18.3 Å². The maximum Gasteiger partial charge on any atom is 0.192 e. The number of likely N-dealkylation sites (N-methyl/N-ethyl adjacent to an activating group) is 1. The summed E-state index contributed by atoms with van der Waals surface area (Å²) in [6.07, 6.45) is 8.11. The highest BCUT2D eigenvalue weighted by molar-refractivity contribution is 5.80. The molecule has 2 saturated carbocycles. The van der Waals surface area contributed by atoms with E-state index >= 15 is 0 Å². The van der Waals surface area contributed by atoms with Crippen LogP contribution in [0.15, 0.2) is 4.99 Å². The number of nitrogens with zero attached hydrogens (tertiary/aromatic N) is 5. The molecule has 2 aliphatic carbocycles. The molecule has 0 amide bonds. The Kier molecular flexibility index (Phi) is 5.47. The predicted molar refractivity (Wildman–Crippen MR) is 116 cm³/mol. The van der Waals surface area contributed by atoms with E-state index in [1.54, 1.807) is 0 Å². The van der Waals surface area contributed by atoms with Crippen molar-refractivity contribution in [2.24, 2.45) is 23.4 Å². The van der Waals surface area contributed by atoms with Crippen molar-refractivity contribution in [1.29, 1.82) is 0 Å². The molecule has 30 heavy (non-hydrogen) atoms. The lowest BCUT2D eigenvalue weighted by molar-refractivity contribution is -0.171. The third-order valence-electron chi connectivity index (χ3n) is 8.30. The molecular formula is C22H37N7O. The average molecular weight is 416 g/mol. The molecule has 0 aromatic carbocycles. The molecule has 8 nitrogen and oxygen atoms in total. The zero-order chi connectivity index (χ0) is 20.7. The van der Waals surface area contributed by atoms with Crippen LogP contribution < -0.4 is 10.6 Å². The van der Waals surface area contributed by atoms with Crippen LogP contribution in [0.1, 0.15) is 57.1 Å². The number of aromatic nitrogens is 3. The first kappa shape index (κ1) is 20.2. The van der Waals surface area contributed by atoms with Crippen LogP contribution in [-0.2, 0) is 18.3 Å². The fourth-order valence-corrected chi connectivity index (χ4v) is 6.25. The lowest BCUT2D eigenvalue weighted by Crippen LogP contribution is -2.72. The first-order chi connectivity index (χ1) is 14.6. The highest BCUT2D eigenvalue weighted by atomic mass is 16.5. The summed E-state index contributed by atoms with van der Waals surface area (Å²) in [5.74, 6) is 3.39. The maximum absolute atomic E-state index is 6.11. The van der Waals surface area contributed by atoms with Crippen LogP contribution in [0.3, 0.4) is 0 Å². The van der Waals surface area contributed by atoms with Gasteiger partial charge < -0.3 is 19.9 Å². The van der Waals surface area contributed by atoms with E-state index in [1.165, 1.54) is 45.1 Å². The molecule has 4 unspecified atom stereocenters. The van der Waals surface area contributed by atoms with Crippen LogP contribution in [0.4, 0.5) is 0 Å². The fraction of sp³-hybridized carbons (Fsp3) is 0.864.